The maximum atomic E-state index is 10.4. The molecule has 1 aromatic carbocycles. The number of rotatable bonds is 3. The number of anilines is 1. The van der Waals surface area contributed by atoms with Gasteiger partial charge in [-0.2, -0.15) is 0 Å². The van der Waals surface area contributed by atoms with E-state index in [4.69, 9.17) is 11.6 Å². The van der Waals surface area contributed by atoms with Crippen molar-refractivity contribution in [3.8, 4) is 0 Å². The third kappa shape index (κ3) is 2.76. The maximum absolute atomic E-state index is 10.4. The van der Waals surface area contributed by atoms with Crippen LogP contribution >= 0.6 is 11.6 Å². The zero-order valence-corrected chi connectivity index (χ0v) is 9.96. The molecule has 1 N–H and O–H groups in total. The summed E-state index contributed by atoms with van der Waals surface area (Å²) in [6.07, 6.45) is 7.11. The van der Waals surface area contributed by atoms with Crippen LogP contribution in [0.5, 0.6) is 0 Å². The summed E-state index contributed by atoms with van der Waals surface area (Å²) in [6, 6.07) is 5.84. The molecule has 0 saturated heterocycles. The molecule has 2 nitrogen and oxygen atoms in total. The lowest BCUT2D eigenvalue weighted by Gasteiger charge is -2.22. The van der Waals surface area contributed by atoms with E-state index in [0.29, 0.717) is 17.4 Å². The quantitative estimate of drug-likeness (QED) is 0.793. The van der Waals surface area contributed by atoms with E-state index in [1.165, 1.54) is 37.7 Å². The summed E-state index contributed by atoms with van der Waals surface area (Å²) in [5.74, 6) is 0.611. The molecule has 0 unspecified atom stereocenters. The molecular weight excluding hydrogens is 222 g/mol. The Morgan fingerprint density at radius 3 is 2.62 bits per heavy atom. The summed E-state index contributed by atoms with van der Waals surface area (Å²) in [6.45, 7) is 0. The predicted molar refractivity (Wildman–Crippen MR) is 67.0 cm³/mol. The van der Waals surface area contributed by atoms with Crippen molar-refractivity contribution in [2.45, 2.75) is 38.0 Å². The Labute approximate surface area is 101 Å². The van der Waals surface area contributed by atoms with Gasteiger partial charge in [0.25, 0.3) is 0 Å². The monoisotopic (exact) mass is 237 g/mol. The average Bonchev–Trinajstić information content (AvgIpc) is 2.30. The highest BCUT2D eigenvalue weighted by Crippen LogP contribution is 2.35. The smallest absolute Gasteiger partial charge is 0.211 e. The summed E-state index contributed by atoms with van der Waals surface area (Å²) >= 11 is 6.05. The first-order valence-electron chi connectivity index (χ1n) is 5.80. The van der Waals surface area contributed by atoms with Gasteiger partial charge in [0.1, 0.15) is 0 Å². The van der Waals surface area contributed by atoms with Crippen molar-refractivity contribution in [3.05, 3.63) is 28.8 Å². The van der Waals surface area contributed by atoms with Gasteiger partial charge in [0.05, 0.1) is 0 Å². The van der Waals surface area contributed by atoms with Crippen LogP contribution in [-0.2, 0) is 4.79 Å². The number of carbonyl (C=O) groups is 1. The number of benzene rings is 1. The van der Waals surface area contributed by atoms with E-state index < -0.39 is 0 Å². The van der Waals surface area contributed by atoms with Crippen molar-refractivity contribution in [1.82, 2.24) is 0 Å². The van der Waals surface area contributed by atoms with Crippen LogP contribution in [0.1, 0.15) is 43.6 Å². The van der Waals surface area contributed by atoms with Crippen LogP contribution < -0.4 is 5.32 Å². The minimum atomic E-state index is 0.611. The van der Waals surface area contributed by atoms with Crippen molar-refractivity contribution < 1.29 is 4.79 Å². The fraction of sp³-hybridized carbons (Fsp3) is 0.462. The summed E-state index contributed by atoms with van der Waals surface area (Å²) in [4.78, 5) is 10.4. The lowest BCUT2D eigenvalue weighted by Crippen LogP contribution is -2.05. The minimum absolute atomic E-state index is 0.611. The second kappa shape index (κ2) is 5.35. The molecule has 0 aromatic heterocycles. The Morgan fingerprint density at radius 2 is 1.94 bits per heavy atom. The molecule has 1 aromatic rings. The fourth-order valence-electron chi connectivity index (χ4n) is 2.44. The lowest BCUT2D eigenvalue weighted by atomic mass is 9.84. The van der Waals surface area contributed by atoms with Crippen LogP contribution in [-0.4, -0.2) is 6.41 Å². The van der Waals surface area contributed by atoms with E-state index >= 15 is 0 Å². The highest BCUT2D eigenvalue weighted by Gasteiger charge is 2.16. The third-order valence-electron chi connectivity index (χ3n) is 3.22. The molecule has 0 bridgehead atoms. The zero-order chi connectivity index (χ0) is 11.4. The number of halogens is 1. The van der Waals surface area contributed by atoms with E-state index in [0.717, 1.165) is 5.69 Å². The largest absolute Gasteiger partial charge is 0.329 e. The van der Waals surface area contributed by atoms with Crippen molar-refractivity contribution >= 4 is 23.7 Å². The van der Waals surface area contributed by atoms with Crippen LogP contribution in [0.25, 0.3) is 0 Å². The summed E-state index contributed by atoms with van der Waals surface area (Å²) < 4.78 is 0. The van der Waals surface area contributed by atoms with Crippen molar-refractivity contribution in [1.29, 1.82) is 0 Å². The first-order chi connectivity index (χ1) is 7.79. The van der Waals surface area contributed by atoms with E-state index in [1.54, 1.807) is 6.07 Å². The van der Waals surface area contributed by atoms with Crippen LogP contribution in [0, 0.1) is 0 Å². The fourth-order valence-corrected chi connectivity index (χ4v) is 2.68. The molecule has 16 heavy (non-hydrogen) atoms. The van der Waals surface area contributed by atoms with Crippen LogP contribution in [0.3, 0.4) is 0 Å². The molecule has 0 atom stereocenters. The average molecular weight is 238 g/mol. The van der Waals surface area contributed by atoms with Gasteiger partial charge in [-0.25, -0.2) is 0 Å². The molecule has 1 amide bonds. The summed E-state index contributed by atoms with van der Waals surface area (Å²) in [5.41, 5.74) is 2.06. The summed E-state index contributed by atoms with van der Waals surface area (Å²) in [7, 11) is 0. The second-order valence-corrected chi connectivity index (χ2v) is 4.81. The van der Waals surface area contributed by atoms with Gasteiger partial charge in [0.2, 0.25) is 6.41 Å². The number of amides is 1. The number of hydrogen-bond donors (Lipinski definition) is 1. The number of hydrogen-bond acceptors (Lipinski definition) is 1. The van der Waals surface area contributed by atoms with Crippen LogP contribution in [0.4, 0.5) is 5.69 Å². The maximum Gasteiger partial charge on any atom is 0.211 e. The SMILES string of the molecule is O=CNc1cc(Cl)cc(C2CCCCC2)c1. The van der Waals surface area contributed by atoms with Crippen molar-refractivity contribution in [2.75, 3.05) is 5.32 Å². The minimum Gasteiger partial charge on any atom is -0.329 e. The second-order valence-electron chi connectivity index (χ2n) is 4.37. The molecule has 1 fully saturated rings. The van der Waals surface area contributed by atoms with Gasteiger partial charge in [-0.3, -0.25) is 4.79 Å². The van der Waals surface area contributed by atoms with Gasteiger partial charge in [-0.1, -0.05) is 30.9 Å². The van der Waals surface area contributed by atoms with Gasteiger partial charge in [0, 0.05) is 10.7 Å². The van der Waals surface area contributed by atoms with Gasteiger partial charge < -0.3 is 5.32 Å². The standard InChI is InChI=1S/C13H16ClNO/c14-12-6-11(7-13(8-12)15-9-16)10-4-2-1-3-5-10/h6-10H,1-5H2,(H,15,16). The first-order valence-corrected chi connectivity index (χ1v) is 6.18. The molecule has 1 saturated carbocycles. The van der Waals surface area contributed by atoms with Gasteiger partial charge in [-0.15, -0.1) is 0 Å². The Hall–Kier alpha value is -1.02. The number of carbonyl (C=O) groups excluding carboxylic acids is 1. The Balaban J connectivity index is 2.21. The first kappa shape index (κ1) is 11.5. The van der Waals surface area contributed by atoms with Gasteiger partial charge in [-0.05, 0) is 42.5 Å². The van der Waals surface area contributed by atoms with Crippen LogP contribution in [0.2, 0.25) is 5.02 Å². The molecule has 0 aliphatic heterocycles. The van der Waals surface area contributed by atoms with Crippen molar-refractivity contribution in [3.63, 3.8) is 0 Å². The van der Waals surface area contributed by atoms with Crippen molar-refractivity contribution in [2.24, 2.45) is 0 Å². The zero-order valence-electron chi connectivity index (χ0n) is 9.21. The van der Waals surface area contributed by atoms with Crippen LogP contribution in [0.15, 0.2) is 18.2 Å². The lowest BCUT2D eigenvalue weighted by molar-refractivity contribution is -0.105. The Morgan fingerprint density at radius 1 is 1.19 bits per heavy atom. The molecular formula is C13H16ClNO. The Bertz CT molecular complexity index is 372. The van der Waals surface area contributed by atoms with E-state index in [1.807, 2.05) is 12.1 Å². The normalized spacial score (nSPS) is 17.1. The highest BCUT2D eigenvalue weighted by atomic mass is 35.5. The third-order valence-corrected chi connectivity index (χ3v) is 3.44. The molecule has 1 aliphatic rings. The molecule has 1 aliphatic carbocycles. The van der Waals surface area contributed by atoms with E-state index in [-0.39, 0.29) is 0 Å². The molecule has 2 rings (SSSR count). The topological polar surface area (TPSA) is 29.1 Å². The molecule has 0 spiro atoms. The number of nitrogens with one attached hydrogen (secondary N) is 1. The highest BCUT2D eigenvalue weighted by molar-refractivity contribution is 6.31. The van der Waals surface area contributed by atoms with E-state index in [2.05, 4.69) is 5.32 Å². The Kier molecular flexibility index (Phi) is 3.83. The predicted octanol–water partition coefficient (Wildman–Crippen LogP) is 3.96. The van der Waals surface area contributed by atoms with E-state index in [9.17, 15) is 4.79 Å². The molecule has 0 heterocycles. The summed E-state index contributed by atoms with van der Waals surface area (Å²) in [5, 5.41) is 3.36. The van der Waals surface area contributed by atoms with Gasteiger partial charge in [0.15, 0.2) is 0 Å². The van der Waals surface area contributed by atoms with Gasteiger partial charge >= 0.3 is 0 Å². The molecule has 0 radical (unpaired) electrons. The molecule has 86 valence electrons. The molecule has 3 heteroatoms.